The summed E-state index contributed by atoms with van der Waals surface area (Å²) in [7, 11) is 0. The van der Waals surface area contributed by atoms with E-state index in [4.69, 9.17) is 9.52 Å². The van der Waals surface area contributed by atoms with Crippen LogP contribution in [0.2, 0.25) is 0 Å². The number of aliphatic hydroxyl groups is 1. The van der Waals surface area contributed by atoms with Gasteiger partial charge in [-0.1, -0.05) is 0 Å². The number of aliphatic hydroxyl groups excluding tert-OH is 1. The first-order valence-electron chi connectivity index (χ1n) is 7.63. The summed E-state index contributed by atoms with van der Waals surface area (Å²) in [5, 5.41) is 19.6. The van der Waals surface area contributed by atoms with Crippen LogP contribution in [0.3, 0.4) is 0 Å². The second kappa shape index (κ2) is 4.35. The number of carboxylic acid groups (broad SMARTS) is 1. The minimum Gasteiger partial charge on any atom is -0.475 e. The molecule has 4 heteroatoms. The van der Waals surface area contributed by atoms with Crippen LogP contribution >= 0.6 is 0 Å². The Hall–Kier alpha value is -1.29. The zero-order valence-corrected chi connectivity index (χ0v) is 11.4. The van der Waals surface area contributed by atoms with Crippen LogP contribution in [0.1, 0.15) is 54.5 Å². The SMILES string of the molecule is O=C(O)c1ccc(C(O)C2C3CC4CC(C3)CC2C4)o1. The first-order chi connectivity index (χ1) is 9.61. The average molecular weight is 276 g/mol. The van der Waals surface area contributed by atoms with Gasteiger partial charge >= 0.3 is 5.97 Å². The second-order valence-corrected chi connectivity index (χ2v) is 6.96. The summed E-state index contributed by atoms with van der Waals surface area (Å²) < 4.78 is 5.31. The molecule has 4 aliphatic rings. The summed E-state index contributed by atoms with van der Waals surface area (Å²) in [6.45, 7) is 0. The standard InChI is InChI=1S/C16H20O4/c17-15(12-1-2-13(20-12)16(18)19)14-10-4-8-3-9(6-10)7-11(14)5-8/h1-2,8-11,14-15,17H,3-7H2,(H,18,19). The van der Waals surface area contributed by atoms with Gasteiger partial charge in [0.05, 0.1) is 0 Å². The van der Waals surface area contributed by atoms with Crippen molar-refractivity contribution in [2.24, 2.45) is 29.6 Å². The predicted molar refractivity (Wildman–Crippen MR) is 71.2 cm³/mol. The van der Waals surface area contributed by atoms with Crippen molar-refractivity contribution in [3.8, 4) is 0 Å². The van der Waals surface area contributed by atoms with Gasteiger partial charge in [-0.05, 0) is 73.8 Å². The van der Waals surface area contributed by atoms with Crippen molar-refractivity contribution >= 4 is 5.97 Å². The van der Waals surface area contributed by atoms with Crippen molar-refractivity contribution < 1.29 is 19.4 Å². The van der Waals surface area contributed by atoms with Crippen molar-refractivity contribution in [1.82, 2.24) is 0 Å². The van der Waals surface area contributed by atoms with Gasteiger partial charge in [-0.3, -0.25) is 0 Å². The van der Waals surface area contributed by atoms with Crippen LogP contribution in [0.25, 0.3) is 0 Å². The molecule has 2 N–H and O–H groups in total. The van der Waals surface area contributed by atoms with E-state index in [2.05, 4.69) is 0 Å². The van der Waals surface area contributed by atoms with Gasteiger partial charge in [0.2, 0.25) is 5.76 Å². The Labute approximate surface area is 117 Å². The fraction of sp³-hybridized carbons (Fsp3) is 0.688. The number of furan rings is 1. The van der Waals surface area contributed by atoms with E-state index in [9.17, 15) is 9.90 Å². The monoisotopic (exact) mass is 276 g/mol. The van der Waals surface area contributed by atoms with Crippen LogP contribution in [0.4, 0.5) is 0 Å². The summed E-state index contributed by atoms with van der Waals surface area (Å²) in [6.07, 6.45) is 5.70. The molecule has 20 heavy (non-hydrogen) atoms. The van der Waals surface area contributed by atoms with E-state index in [1.54, 1.807) is 6.07 Å². The number of carboxylic acids is 1. The summed E-state index contributed by atoms with van der Waals surface area (Å²) in [5.74, 6) is 2.46. The number of aromatic carboxylic acids is 1. The summed E-state index contributed by atoms with van der Waals surface area (Å²) in [6, 6.07) is 3.07. The molecule has 0 spiro atoms. The average Bonchev–Trinajstić information content (AvgIpc) is 2.86. The van der Waals surface area contributed by atoms with E-state index < -0.39 is 12.1 Å². The number of carbonyl (C=O) groups is 1. The van der Waals surface area contributed by atoms with Crippen LogP contribution in [0, 0.1) is 29.6 Å². The lowest BCUT2D eigenvalue weighted by molar-refractivity contribution is -0.0961. The highest BCUT2D eigenvalue weighted by Crippen LogP contribution is 2.59. The molecule has 0 saturated heterocycles. The molecule has 1 atom stereocenters. The normalized spacial score (nSPS) is 40.0. The molecule has 108 valence electrons. The molecule has 0 aromatic carbocycles. The molecule has 1 aromatic heterocycles. The van der Waals surface area contributed by atoms with Crippen molar-refractivity contribution in [1.29, 1.82) is 0 Å². The third-order valence-electron chi connectivity index (χ3n) is 5.79. The highest BCUT2D eigenvalue weighted by molar-refractivity contribution is 5.84. The molecule has 5 rings (SSSR count). The maximum absolute atomic E-state index is 10.9. The molecule has 0 aliphatic heterocycles. The van der Waals surface area contributed by atoms with Gasteiger partial charge in [0, 0.05) is 0 Å². The Morgan fingerprint density at radius 3 is 2.20 bits per heavy atom. The largest absolute Gasteiger partial charge is 0.475 e. The van der Waals surface area contributed by atoms with E-state index in [-0.39, 0.29) is 11.7 Å². The summed E-state index contributed by atoms with van der Waals surface area (Å²) in [5.41, 5.74) is 0. The smallest absolute Gasteiger partial charge is 0.371 e. The number of rotatable bonds is 3. The first kappa shape index (κ1) is 12.5. The van der Waals surface area contributed by atoms with Gasteiger partial charge in [0.25, 0.3) is 0 Å². The lowest BCUT2D eigenvalue weighted by Gasteiger charge is -2.55. The first-order valence-corrected chi connectivity index (χ1v) is 7.63. The Bertz CT molecular complexity index is 504. The van der Waals surface area contributed by atoms with Gasteiger partial charge in [0.15, 0.2) is 0 Å². The van der Waals surface area contributed by atoms with Crippen molar-refractivity contribution in [2.75, 3.05) is 0 Å². The second-order valence-electron chi connectivity index (χ2n) is 6.96. The van der Waals surface area contributed by atoms with Crippen molar-refractivity contribution in [3.63, 3.8) is 0 Å². The maximum atomic E-state index is 10.9. The minimum atomic E-state index is -1.08. The third-order valence-corrected chi connectivity index (χ3v) is 5.79. The van der Waals surface area contributed by atoms with Gasteiger partial charge in [-0.15, -0.1) is 0 Å². The van der Waals surface area contributed by atoms with E-state index >= 15 is 0 Å². The highest BCUT2D eigenvalue weighted by Gasteiger charge is 2.51. The van der Waals surface area contributed by atoms with Crippen molar-refractivity contribution in [3.05, 3.63) is 23.7 Å². The molecule has 4 saturated carbocycles. The Morgan fingerprint density at radius 1 is 1.10 bits per heavy atom. The predicted octanol–water partition coefficient (Wildman–Crippen LogP) is 3.08. The molecule has 4 fully saturated rings. The quantitative estimate of drug-likeness (QED) is 0.890. The minimum absolute atomic E-state index is 0.0807. The van der Waals surface area contributed by atoms with E-state index in [1.165, 1.54) is 38.2 Å². The molecule has 0 radical (unpaired) electrons. The van der Waals surface area contributed by atoms with E-state index in [0.29, 0.717) is 17.6 Å². The number of hydrogen-bond acceptors (Lipinski definition) is 3. The third kappa shape index (κ3) is 1.81. The molecule has 1 unspecified atom stereocenters. The molecular formula is C16H20O4. The molecule has 0 amide bonds. The molecule has 1 heterocycles. The molecular weight excluding hydrogens is 256 g/mol. The Morgan fingerprint density at radius 2 is 1.70 bits per heavy atom. The fourth-order valence-electron chi connectivity index (χ4n) is 5.30. The Kier molecular flexibility index (Phi) is 2.71. The molecule has 1 aromatic rings. The van der Waals surface area contributed by atoms with Crippen LogP contribution < -0.4 is 0 Å². The van der Waals surface area contributed by atoms with Crippen molar-refractivity contribution in [2.45, 2.75) is 38.2 Å². The lowest BCUT2D eigenvalue weighted by Crippen LogP contribution is -2.47. The number of hydrogen-bond donors (Lipinski definition) is 2. The summed E-state index contributed by atoms with van der Waals surface area (Å²) in [4.78, 5) is 10.9. The summed E-state index contributed by atoms with van der Waals surface area (Å²) >= 11 is 0. The van der Waals surface area contributed by atoms with E-state index in [0.717, 1.165) is 11.8 Å². The topological polar surface area (TPSA) is 70.7 Å². The molecule has 4 nitrogen and oxygen atoms in total. The van der Waals surface area contributed by atoms with Gasteiger partial charge in [0.1, 0.15) is 11.9 Å². The fourth-order valence-corrected chi connectivity index (χ4v) is 5.30. The highest BCUT2D eigenvalue weighted by atomic mass is 16.4. The molecule has 4 aliphatic carbocycles. The maximum Gasteiger partial charge on any atom is 0.371 e. The molecule has 4 bridgehead atoms. The van der Waals surface area contributed by atoms with Crippen LogP contribution in [0.5, 0.6) is 0 Å². The zero-order chi connectivity index (χ0) is 13.9. The van der Waals surface area contributed by atoms with Gasteiger partial charge < -0.3 is 14.6 Å². The van der Waals surface area contributed by atoms with E-state index in [1.807, 2.05) is 0 Å². The van der Waals surface area contributed by atoms with Crippen LogP contribution in [-0.4, -0.2) is 16.2 Å². The van der Waals surface area contributed by atoms with Crippen LogP contribution in [-0.2, 0) is 0 Å². The Balaban J connectivity index is 1.58. The van der Waals surface area contributed by atoms with Gasteiger partial charge in [-0.2, -0.15) is 0 Å². The zero-order valence-electron chi connectivity index (χ0n) is 11.4. The van der Waals surface area contributed by atoms with Gasteiger partial charge in [-0.25, -0.2) is 4.79 Å². The van der Waals surface area contributed by atoms with Crippen LogP contribution in [0.15, 0.2) is 16.5 Å². The lowest BCUT2D eigenvalue weighted by atomic mass is 9.51.